The van der Waals surface area contributed by atoms with Gasteiger partial charge in [0.05, 0.1) is 11.8 Å². The molecule has 4 fully saturated rings. The molecule has 3 heteroatoms. The van der Waals surface area contributed by atoms with Gasteiger partial charge in [0.15, 0.2) is 0 Å². The first-order valence-corrected chi connectivity index (χ1v) is 15.4. The predicted octanol–water partition coefficient (Wildman–Crippen LogP) is 8.72. The highest BCUT2D eigenvalue weighted by atomic mass is 16.5. The molecule has 0 aliphatic heterocycles. The summed E-state index contributed by atoms with van der Waals surface area (Å²) in [6.45, 7) is 12.7. The van der Waals surface area contributed by atoms with Crippen molar-refractivity contribution in [1.82, 2.24) is 0 Å². The van der Waals surface area contributed by atoms with E-state index in [4.69, 9.17) is 16.2 Å². The molecule has 0 heterocycles. The van der Waals surface area contributed by atoms with Crippen molar-refractivity contribution in [3.63, 3.8) is 0 Å². The van der Waals surface area contributed by atoms with Gasteiger partial charge in [-0.25, -0.2) is 0 Å². The van der Waals surface area contributed by atoms with Crippen molar-refractivity contribution in [1.29, 1.82) is 0 Å². The van der Waals surface area contributed by atoms with Crippen LogP contribution >= 0.6 is 0 Å². The Morgan fingerprint density at radius 3 is 2.39 bits per heavy atom. The zero-order valence-corrected chi connectivity index (χ0v) is 23.9. The minimum atomic E-state index is 0.293. The zero-order chi connectivity index (χ0) is 25.7. The van der Waals surface area contributed by atoms with E-state index in [1.807, 2.05) is 18.2 Å². The second-order valence-electron chi connectivity index (χ2n) is 14.5. The maximum Gasteiger partial charge on any atom is 0.142 e. The summed E-state index contributed by atoms with van der Waals surface area (Å²) in [7, 11) is 0. The normalized spacial score (nSPS) is 40.8. The van der Waals surface area contributed by atoms with Crippen molar-refractivity contribution in [2.24, 2.45) is 52.3 Å². The van der Waals surface area contributed by atoms with Gasteiger partial charge in [0.1, 0.15) is 5.75 Å². The molecule has 4 aliphatic rings. The number of nitrogen functional groups attached to an aromatic ring is 2. The number of ether oxygens (including phenoxy) is 1. The van der Waals surface area contributed by atoms with Gasteiger partial charge >= 0.3 is 0 Å². The van der Waals surface area contributed by atoms with Crippen molar-refractivity contribution in [2.75, 3.05) is 11.5 Å². The van der Waals surface area contributed by atoms with Gasteiger partial charge in [-0.1, -0.05) is 53.9 Å². The lowest BCUT2D eigenvalue weighted by atomic mass is 9.44. The fourth-order valence-corrected chi connectivity index (χ4v) is 10.2. The Bertz CT molecular complexity index is 913. The summed E-state index contributed by atoms with van der Waals surface area (Å²) < 4.78 is 6.46. The lowest BCUT2D eigenvalue weighted by Gasteiger charge is -2.61. The number of benzene rings is 1. The number of anilines is 2. The standard InChI is InChI=1S/C33H54N2O/c1-21(2)7-6-8-22(3)27-12-13-28-26-11-9-23-19-25(36-31-14-10-24(34)20-30(31)35)15-17-32(23,4)29(26)16-18-33(27,28)5/h10,14,20-23,25-29H,6-9,11-13,15-19,34-35H2,1-5H3. The third-order valence-corrected chi connectivity index (χ3v) is 12.1. The Morgan fingerprint density at radius 1 is 0.889 bits per heavy atom. The molecule has 4 N–H and O–H groups in total. The largest absolute Gasteiger partial charge is 0.488 e. The Hall–Kier alpha value is -1.38. The molecule has 9 atom stereocenters. The van der Waals surface area contributed by atoms with Gasteiger partial charge < -0.3 is 16.2 Å². The molecule has 0 radical (unpaired) electrons. The minimum absolute atomic E-state index is 0.293. The molecule has 0 bridgehead atoms. The fourth-order valence-electron chi connectivity index (χ4n) is 10.2. The summed E-state index contributed by atoms with van der Waals surface area (Å²) in [5.41, 5.74) is 14.6. The van der Waals surface area contributed by atoms with Crippen LogP contribution in [0.3, 0.4) is 0 Å². The predicted molar refractivity (Wildman–Crippen MR) is 153 cm³/mol. The Balaban J connectivity index is 1.24. The third kappa shape index (κ3) is 4.66. The van der Waals surface area contributed by atoms with Gasteiger partial charge in [0, 0.05) is 5.69 Å². The molecule has 0 aromatic heterocycles. The van der Waals surface area contributed by atoms with Crippen LogP contribution in [0.5, 0.6) is 5.75 Å². The van der Waals surface area contributed by atoms with E-state index in [9.17, 15) is 0 Å². The molecule has 0 amide bonds. The maximum absolute atomic E-state index is 6.46. The number of fused-ring (bicyclic) bond motifs is 5. The lowest BCUT2D eigenvalue weighted by molar-refractivity contribution is -0.126. The van der Waals surface area contributed by atoms with Crippen LogP contribution in [0.25, 0.3) is 0 Å². The highest BCUT2D eigenvalue weighted by Crippen LogP contribution is 2.68. The van der Waals surface area contributed by atoms with Crippen molar-refractivity contribution < 1.29 is 4.74 Å². The highest BCUT2D eigenvalue weighted by molar-refractivity contribution is 5.60. The van der Waals surface area contributed by atoms with Gasteiger partial charge in [-0.3, -0.25) is 0 Å². The number of hydrogen-bond acceptors (Lipinski definition) is 3. The van der Waals surface area contributed by atoms with E-state index in [0.717, 1.165) is 53.6 Å². The summed E-state index contributed by atoms with van der Waals surface area (Å²) in [4.78, 5) is 0. The molecule has 5 rings (SSSR count). The van der Waals surface area contributed by atoms with E-state index in [1.54, 1.807) is 0 Å². The van der Waals surface area contributed by atoms with Gasteiger partial charge in [0.25, 0.3) is 0 Å². The lowest BCUT2D eigenvalue weighted by Crippen LogP contribution is -2.54. The average Bonchev–Trinajstić information content (AvgIpc) is 3.18. The molecule has 1 aromatic rings. The summed E-state index contributed by atoms with van der Waals surface area (Å²) in [5.74, 6) is 7.17. The molecule has 4 aliphatic carbocycles. The van der Waals surface area contributed by atoms with E-state index >= 15 is 0 Å². The van der Waals surface area contributed by atoms with Crippen LogP contribution in [-0.2, 0) is 0 Å². The van der Waals surface area contributed by atoms with Crippen LogP contribution in [0.2, 0.25) is 0 Å². The average molecular weight is 495 g/mol. The van der Waals surface area contributed by atoms with Crippen molar-refractivity contribution >= 4 is 11.4 Å². The summed E-state index contributed by atoms with van der Waals surface area (Å²) in [6.07, 6.45) is 17.0. The Morgan fingerprint density at radius 2 is 1.64 bits per heavy atom. The van der Waals surface area contributed by atoms with E-state index in [0.29, 0.717) is 28.3 Å². The number of hydrogen-bond donors (Lipinski definition) is 2. The maximum atomic E-state index is 6.46. The first-order valence-electron chi connectivity index (χ1n) is 15.4. The van der Waals surface area contributed by atoms with E-state index in [-0.39, 0.29) is 0 Å². The fraction of sp³-hybridized carbons (Fsp3) is 0.818. The van der Waals surface area contributed by atoms with Crippen molar-refractivity contribution in [3.8, 4) is 5.75 Å². The minimum Gasteiger partial charge on any atom is -0.488 e. The van der Waals surface area contributed by atoms with Crippen molar-refractivity contribution in [2.45, 2.75) is 118 Å². The first kappa shape index (κ1) is 26.2. The van der Waals surface area contributed by atoms with E-state index in [1.165, 1.54) is 70.6 Å². The van der Waals surface area contributed by atoms with Crippen LogP contribution in [0, 0.1) is 52.3 Å². The molecule has 202 valence electrons. The summed E-state index contributed by atoms with van der Waals surface area (Å²) in [5, 5.41) is 0. The van der Waals surface area contributed by atoms with Crippen LogP contribution in [0.15, 0.2) is 18.2 Å². The SMILES string of the molecule is CC(C)CCCC(C)C1CCC2C3CCC4CC(Oc5ccc(N)cc5N)CCC4(C)C3CCC12C. The van der Waals surface area contributed by atoms with Crippen LogP contribution < -0.4 is 16.2 Å². The van der Waals surface area contributed by atoms with E-state index < -0.39 is 0 Å². The molecule has 0 spiro atoms. The Labute approximate surface area is 221 Å². The molecule has 4 saturated carbocycles. The first-order chi connectivity index (χ1) is 17.1. The second-order valence-corrected chi connectivity index (χ2v) is 14.5. The van der Waals surface area contributed by atoms with E-state index in [2.05, 4.69) is 34.6 Å². The molecule has 1 aromatic carbocycles. The Kier molecular flexibility index (Phi) is 7.33. The highest BCUT2D eigenvalue weighted by Gasteiger charge is 2.60. The summed E-state index contributed by atoms with van der Waals surface area (Å²) in [6, 6.07) is 5.69. The van der Waals surface area contributed by atoms with Gasteiger partial charge in [-0.05, 0) is 128 Å². The second kappa shape index (κ2) is 10.1. The smallest absolute Gasteiger partial charge is 0.142 e. The van der Waals surface area contributed by atoms with Crippen LogP contribution in [-0.4, -0.2) is 6.10 Å². The van der Waals surface area contributed by atoms with Gasteiger partial charge in [0.2, 0.25) is 0 Å². The van der Waals surface area contributed by atoms with Crippen LogP contribution in [0.4, 0.5) is 11.4 Å². The number of nitrogens with two attached hydrogens (primary N) is 2. The molecular weight excluding hydrogens is 440 g/mol. The topological polar surface area (TPSA) is 61.3 Å². The molecule has 3 nitrogen and oxygen atoms in total. The molecular formula is C33H54N2O. The number of rotatable bonds is 7. The van der Waals surface area contributed by atoms with Crippen LogP contribution in [0.1, 0.15) is 112 Å². The molecule has 9 unspecified atom stereocenters. The van der Waals surface area contributed by atoms with Gasteiger partial charge in [-0.2, -0.15) is 0 Å². The quantitative estimate of drug-likeness (QED) is 0.372. The van der Waals surface area contributed by atoms with Gasteiger partial charge in [-0.15, -0.1) is 0 Å². The monoisotopic (exact) mass is 494 g/mol. The van der Waals surface area contributed by atoms with Crippen molar-refractivity contribution in [3.05, 3.63) is 18.2 Å². The summed E-state index contributed by atoms with van der Waals surface area (Å²) >= 11 is 0. The molecule has 36 heavy (non-hydrogen) atoms. The molecule has 0 saturated heterocycles. The zero-order valence-electron chi connectivity index (χ0n) is 23.9. The third-order valence-electron chi connectivity index (χ3n) is 12.1.